The van der Waals surface area contributed by atoms with Crippen LogP contribution >= 0.6 is 11.6 Å². The normalized spacial score (nSPS) is 23.7. The second-order valence-corrected chi connectivity index (χ2v) is 5.15. The first-order valence-corrected chi connectivity index (χ1v) is 6.50. The van der Waals surface area contributed by atoms with Crippen molar-refractivity contribution >= 4 is 28.3 Å². The van der Waals surface area contributed by atoms with Gasteiger partial charge in [0, 0.05) is 22.7 Å². The Balaban J connectivity index is 2.02. The molecule has 1 saturated heterocycles. The number of ether oxygens (including phenoxy) is 1. The number of fused-ring (bicyclic) bond motifs is 1. The predicted molar refractivity (Wildman–Crippen MR) is 71.2 cm³/mol. The van der Waals surface area contributed by atoms with Crippen LogP contribution in [0.25, 0.3) is 10.9 Å². The zero-order valence-electron chi connectivity index (χ0n) is 10.1. The van der Waals surface area contributed by atoms with Crippen LogP contribution in [0, 0.1) is 0 Å². The fraction of sp³-hybridized carbons (Fsp3) is 0.357. The summed E-state index contributed by atoms with van der Waals surface area (Å²) >= 11 is 6.17. The summed E-state index contributed by atoms with van der Waals surface area (Å²) in [6.07, 6.45) is 3.30. The van der Waals surface area contributed by atoms with Crippen molar-refractivity contribution in [1.82, 2.24) is 4.98 Å². The summed E-state index contributed by atoms with van der Waals surface area (Å²) in [4.78, 5) is 15.5. The molecule has 4 heteroatoms. The highest BCUT2D eigenvalue weighted by atomic mass is 35.5. The molecule has 0 saturated carbocycles. The summed E-state index contributed by atoms with van der Waals surface area (Å²) in [5, 5.41) is 1.40. The summed E-state index contributed by atoms with van der Waals surface area (Å²) in [5.74, 6) is 0.0266. The number of H-pyrrole nitrogens is 1. The summed E-state index contributed by atoms with van der Waals surface area (Å²) in [6, 6.07) is 5.58. The second kappa shape index (κ2) is 4.41. The number of hydrogen-bond donors (Lipinski definition) is 1. The van der Waals surface area contributed by atoms with Gasteiger partial charge in [-0.3, -0.25) is 4.79 Å². The molecule has 3 nitrogen and oxygen atoms in total. The van der Waals surface area contributed by atoms with Gasteiger partial charge in [0.2, 0.25) is 0 Å². The molecule has 18 heavy (non-hydrogen) atoms. The molecule has 2 aromatic rings. The molecular weight excluding hydrogens is 250 g/mol. The van der Waals surface area contributed by atoms with E-state index in [9.17, 15) is 4.79 Å². The Morgan fingerprint density at radius 2 is 2.28 bits per heavy atom. The van der Waals surface area contributed by atoms with E-state index in [4.69, 9.17) is 16.3 Å². The van der Waals surface area contributed by atoms with Crippen LogP contribution in [0.5, 0.6) is 0 Å². The van der Waals surface area contributed by atoms with E-state index < -0.39 is 0 Å². The maximum absolute atomic E-state index is 12.4. The number of aromatic amines is 1. The van der Waals surface area contributed by atoms with Crippen molar-refractivity contribution < 1.29 is 9.53 Å². The van der Waals surface area contributed by atoms with Gasteiger partial charge in [0.1, 0.15) is 6.10 Å². The molecule has 1 aliphatic heterocycles. The topological polar surface area (TPSA) is 42.1 Å². The highest BCUT2D eigenvalue weighted by molar-refractivity contribution is 6.37. The minimum atomic E-state index is -0.324. The number of benzene rings is 1. The molecule has 0 bridgehead atoms. The van der Waals surface area contributed by atoms with Gasteiger partial charge in [0.05, 0.1) is 11.1 Å². The highest BCUT2D eigenvalue weighted by Gasteiger charge is 2.30. The number of aromatic nitrogens is 1. The quantitative estimate of drug-likeness (QED) is 0.842. The molecule has 1 fully saturated rings. The third-order valence-corrected chi connectivity index (χ3v) is 3.76. The number of hydrogen-bond acceptors (Lipinski definition) is 2. The Labute approximate surface area is 110 Å². The van der Waals surface area contributed by atoms with E-state index in [2.05, 4.69) is 4.98 Å². The standard InChI is InChI=1S/C14H14ClNO2/c1-8-5-6-12(18-8)14(17)9-7-16-11-4-2-3-10(15)13(9)11/h2-4,7-8,12,16H,5-6H2,1H3. The van der Waals surface area contributed by atoms with Gasteiger partial charge < -0.3 is 9.72 Å². The number of carbonyl (C=O) groups is 1. The van der Waals surface area contributed by atoms with Crippen molar-refractivity contribution in [3.8, 4) is 0 Å². The van der Waals surface area contributed by atoms with E-state index in [1.165, 1.54) is 0 Å². The molecule has 1 aromatic carbocycles. The fourth-order valence-electron chi connectivity index (χ4n) is 2.50. The van der Waals surface area contributed by atoms with Gasteiger partial charge in [-0.2, -0.15) is 0 Å². The van der Waals surface area contributed by atoms with Gasteiger partial charge in [0.25, 0.3) is 0 Å². The maximum atomic E-state index is 12.4. The number of halogens is 1. The number of Topliss-reactive ketones (excluding diaryl/α,β-unsaturated/α-hetero) is 1. The average molecular weight is 264 g/mol. The first kappa shape index (κ1) is 11.8. The Morgan fingerprint density at radius 3 is 3.00 bits per heavy atom. The summed E-state index contributed by atoms with van der Waals surface area (Å²) < 4.78 is 5.63. The van der Waals surface area contributed by atoms with Crippen molar-refractivity contribution in [3.05, 3.63) is 35.0 Å². The van der Waals surface area contributed by atoms with Crippen LogP contribution < -0.4 is 0 Å². The van der Waals surface area contributed by atoms with E-state index in [1.807, 2.05) is 19.1 Å². The molecule has 1 aliphatic rings. The molecule has 1 N–H and O–H groups in total. The molecule has 0 amide bonds. The summed E-state index contributed by atoms with van der Waals surface area (Å²) in [5.41, 5.74) is 1.52. The van der Waals surface area contributed by atoms with Crippen LogP contribution in [-0.2, 0) is 4.74 Å². The average Bonchev–Trinajstić information content (AvgIpc) is 2.95. The van der Waals surface area contributed by atoms with Crippen molar-refractivity contribution in [3.63, 3.8) is 0 Å². The summed E-state index contributed by atoms with van der Waals surface area (Å²) in [7, 11) is 0. The van der Waals surface area contributed by atoms with Crippen LogP contribution in [0.4, 0.5) is 0 Å². The van der Waals surface area contributed by atoms with Crippen LogP contribution in [0.3, 0.4) is 0 Å². The molecule has 2 atom stereocenters. The van der Waals surface area contributed by atoms with E-state index in [-0.39, 0.29) is 18.0 Å². The molecular formula is C14H14ClNO2. The van der Waals surface area contributed by atoms with Crippen molar-refractivity contribution in [2.24, 2.45) is 0 Å². The van der Waals surface area contributed by atoms with Gasteiger partial charge in [-0.25, -0.2) is 0 Å². The van der Waals surface area contributed by atoms with Gasteiger partial charge in [-0.15, -0.1) is 0 Å². The second-order valence-electron chi connectivity index (χ2n) is 4.74. The monoisotopic (exact) mass is 263 g/mol. The van der Waals surface area contributed by atoms with Crippen LogP contribution in [0.1, 0.15) is 30.1 Å². The minimum absolute atomic E-state index is 0.0266. The Kier molecular flexibility index (Phi) is 2.88. The number of nitrogens with one attached hydrogen (secondary N) is 1. The van der Waals surface area contributed by atoms with Crippen LogP contribution in [0.2, 0.25) is 5.02 Å². The van der Waals surface area contributed by atoms with E-state index in [1.54, 1.807) is 12.3 Å². The lowest BCUT2D eigenvalue weighted by Crippen LogP contribution is -2.20. The third kappa shape index (κ3) is 1.84. The van der Waals surface area contributed by atoms with Crippen molar-refractivity contribution in [1.29, 1.82) is 0 Å². The van der Waals surface area contributed by atoms with Crippen LogP contribution in [-0.4, -0.2) is 23.0 Å². The summed E-state index contributed by atoms with van der Waals surface area (Å²) in [6.45, 7) is 2.00. The Morgan fingerprint density at radius 1 is 1.44 bits per heavy atom. The van der Waals surface area contributed by atoms with E-state index in [0.29, 0.717) is 10.6 Å². The van der Waals surface area contributed by atoms with Crippen molar-refractivity contribution in [2.75, 3.05) is 0 Å². The molecule has 2 unspecified atom stereocenters. The minimum Gasteiger partial charge on any atom is -0.367 e. The van der Waals surface area contributed by atoms with E-state index >= 15 is 0 Å². The van der Waals surface area contributed by atoms with Gasteiger partial charge >= 0.3 is 0 Å². The van der Waals surface area contributed by atoms with Crippen LogP contribution in [0.15, 0.2) is 24.4 Å². The van der Waals surface area contributed by atoms with Gasteiger partial charge in [-0.1, -0.05) is 17.7 Å². The van der Waals surface area contributed by atoms with Crippen molar-refractivity contribution in [2.45, 2.75) is 32.0 Å². The Hall–Kier alpha value is -1.32. The lowest BCUT2D eigenvalue weighted by atomic mass is 10.0. The molecule has 0 radical (unpaired) electrons. The zero-order chi connectivity index (χ0) is 12.7. The van der Waals surface area contributed by atoms with Gasteiger partial charge in [-0.05, 0) is 31.9 Å². The zero-order valence-corrected chi connectivity index (χ0v) is 10.8. The fourth-order valence-corrected chi connectivity index (χ4v) is 2.78. The number of carbonyl (C=O) groups excluding carboxylic acids is 1. The predicted octanol–water partition coefficient (Wildman–Crippen LogP) is 3.57. The molecule has 0 aliphatic carbocycles. The first-order chi connectivity index (χ1) is 8.66. The highest BCUT2D eigenvalue weighted by Crippen LogP contribution is 2.30. The maximum Gasteiger partial charge on any atom is 0.193 e. The SMILES string of the molecule is CC1CCC(C(=O)c2c[nH]c3cccc(Cl)c23)O1. The third-order valence-electron chi connectivity index (χ3n) is 3.44. The smallest absolute Gasteiger partial charge is 0.193 e. The molecule has 3 rings (SSSR count). The molecule has 0 spiro atoms. The number of rotatable bonds is 2. The van der Waals surface area contributed by atoms with E-state index in [0.717, 1.165) is 23.7 Å². The molecule has 1 aromatic heterocycles. The lowest BCUT2D eigenvalue weighted by Gasteiger charge is -2.09. The largest absolute Gasteiger partial charge is 0.367 e. The first-order valence-electron chi connectivity index (χ1n) is 6.12. The lowest BCUT2D eigenvalue weighted by molar-refractivity contribution is 0.0435. The Bertz CT molecular complexity index is 605. The van der Waals surface area contributed by atoms with Gasteiger partial charge in [0.15, 0.2) is 5.78 Å². The number of ketones is 1. The molecule has 94 valence electrons. The molecule has 2 heterocycles.